The lowest BCUT2D eigenvalue weighted by Gasteiger charge is -2.11. The maximum atomic E-state index is 12.6. The third-order valence-corrected chi connectivity index (χ3v) is 3.77. The van der Waals surface area contributed by atoms with Gasteiger partial charge < -0.3 is 15.2 Å². The summed E-state index contributed by atoms with van der Waals surface area (Å²) in [6, 6.07) is 10.6. The normalized spacial score (nSPS) is 15.6. The van der Waals surface area contributed by atoms with Crippen LogP contribution in [0.4, 0.5) is 10.5 Å². The molecule has 0 radical (unpaired) electrons. The molecule has 1 aliphatic heterocycles. The summed E-state index contributed by atoms with van der Waals surface area (Å²) in [5.74, 6) is -0.176. The number of carbonyl (C=O) groups excluding carboxylic acids is 2. The SMILES string of the molecule is CCOc1cc(/C=C2/NC(=O)N(c3cccc(Cl)c3)C2=O)ccc1O. The Labute approximate surface area is 149 Å². The molecular formula is C18H15ClN2O4. The molecule has 0 aliphatic carbocycles. The van der Waals surface area contributed by atoms with Gasteiger partial charge in [-0.2, -0.15) is 0 Å². The van der Waals surface area contributed by atoms with Crippen molar-refractivity contribution in [3.8, 4) is 11.5 Å². The first kappa shape index (κ1) is 16.9. The van der Waals surface area contributed by atoms with Gasteiger partial charge in [0.25, 0.3) is 5.91 Å². The van der Waals surface area contributed by atoms with E-state index in [4.69, 9.17) is 16.3 Å². The summed E-state index contributed by atoms with van der Waals surface area (Å²) in [7, 11) is 0. The highest BCUT2D eigenvalue weighted by atomic mass is 35.5. The number of rotatable bonds is 4. The molecule has 0 bridgehead atoms. The number of phenols is 1. The summed E-state index contributed by atoms with van der Waals surface area (Å²) in [5.41, 5.74) is 1.12. The zero-order valence-electron chi connectivity index (χ0n) is 13.3. The first-order valence-corrected chi connectivity index (χ1v) is 7.96. The van der Waals surface area contributed by atoms with E-state index in [0.29, 0.717) is 28.6 Å². The van der Waals surface area contributed by atoms with E-state index in [1.54, 1.807) is 37.3 Å². The van der Waals surface area contributed by atoms with Gasteiger partial charge in [-0.3, -0.25) is 4.79 Å². The molecule has 25 heavy (non-hydrogen) atoms. The van der Waals surface area contributed by atoms with Crippen LogP contribution in [0.3, 0.4) is 0 Å². The Morgan fingerprint density at radius 1 is 1.24 bits per heavy atom. The number of benzene rings is 2. The summed E-state index contributed by atoms with van der Waals surface area (Å²) in [6.07, 6.45) is 1.52. The van der Waals surface area contributed by atoms with Crippen LogP contribution < -0.4 is 15.0 Å². The number of amides is 3. The summed E-state index contributed by atoms with van der Waals surface area (Å²) < 4.78 is 5.32. The maximum Gasteiger partial charge on any atom is 0.333 e. The average Bonchev–Trinajstić information content (AvgIpc) is 2.85. The van der Waals surface area contributed by atoms with E-state index in [9.17, 15) is 14.7 Å². The van der Waals surface area contributed by atoms with Gasteiger partial charge in [0, 0.05) is 5.02 Å². The smallest absolute Gasteiger partial charge is 0.333 e. The Morgan fingerprint density at radius 2 is 2.04 bits per heavy atom. The van der Waals surface area contributed by atoms with Crippen molar-refractivity contribution in [2.75, 3.05) is 11.5 Å². The second kappa shape index (κ2) is 6.86. The Hall–Kier alpha value is -2.99. The predicted octanol–water partition coefficient (Wildman–Crippen LogP) is 3.54. The molecule has 0 saturated carbocycles. The van der Waals surface area contributed by atoms with Crippen molar-refractivity contribution in [3.05, 3.63) is 58.7 Å². The predicted molar refractivity (Wildman–Crippen MR) is 94.7 cm³/mol. The van der Waals surface area contributed by atoms with Gasteiger partial charge in [-0.25, -0.2) is 9.69 Å². The fourth-order valence-corrected chi connectivity index (χ4v) is 2.63. The lowest BCUT2D eigenvalue weighted by atomic mass is 10.1. The van der Waals surface area contributed by atoms with E-state index < -0.39 is 11.9 Å². The molecule has 2 aromatic rings. The number of hydrogen-bond acceptors (Lipinski definition) is 4. The van der Waals surface area contributed by atoms with Gasteiger partial charge in [0.2, 0.25) is 0 Å². The van der Waals surface area contributed by atoms with Crippen LogP contribution in [-0.2, 0) is 4.79 Å². The number of aromatic hydroxyl groups is 1. The van der Waals surface area contributed by atoms with Crippen LogP contribution in [0.25, 0.3) is 6.08 Å². The van der Waals surface area contributed by atoms with E-state index in [1.165, 1.54) is 18.2 Å². The van der Waals surface area contributed by atoms with E-state index >= 15 is 0 Å². The molecule has 128 valence electrons. The Bertz CT molecular complexity index is 879. The zero-order valence-corrected chi connectivity index (χ0v) is 14.1. The second-order valence-electron chi connectivity index (χ2n) is 5.27. The van der Waals surface area contributed by atoms with Crippen LogP contribution in [0.5, 0.6) is 11.5 Å². The van der Waals surface area contributed by atoms with Gasteiger partial charge in [0.15, 0.2) is 11.5 Å². The third-order valence-electron chi connectivity index (χ3n) is 3.54. The molecule has 3 amide bonds. The minimum absolute atomic E-state index is 0.00587. The molecule has 3 rings (SSSR count). The fraction of sp³-hybridized carbons (Fsp3) is 0.111. The first-order chi connectivity index (χ1) is 12.0. The number of nitrogens with one attached hydrogen (secondary N) is 1. The standard InChI is InChI=1S/C18H15ClN2O4/c1-2-25-16-9-11(6-7-15(16)22)8-14-17(23)21(18(24)20-14)13-5-3-4-12(19)10-13/h3-10,22H,2H2,1H3,(H,20,24)/b14-8+. The molecule has 7 heteroatoms. The quantitative estimate of drug-likeness (QED) is 0.647. The van der Waals surface area contributed by atoms with Gasteiger partial charge in [0.1, 0.15) is 5.70 Å². The molecule has 1 heterocycles. The number of imide groups is 1. The van der Waals surface area contributed by atoms with Crippen LogP contribution in [0, 0.1) is 0 Å². The molecule has 6 nitrogen and oxygen atoms in total. The van der Waals surface area contributed by atoms with Crippen molar-refractivity contribution in [2.45, 2.75) is 6.92 Å². The molecule has 0 atom stereocenters. The van der Waals surface area contributed by atoms with Crippen LogP contribution in [-0.4, -0.2) is 23.7 Å². The van der Waals surface area contributed by atoms with Gasteiger partial charge in [-0.1, -0.05) is 23.7 Å². The molecule has 0 aromatic heterocycles. The summed E-state index contributed by atoms with van der Waals surface area (Å²) in [6.45, 7) is 2.19. The molecule has 1 aliphatic rings. The molecule has 2 aromatic carbocycles. The van der Waals surface area contributed by atoms with Gasteiger partial charge in [-0.05, 0) is 48.9 Å². The Kier molecular flexibility index (Phi) is 4.63. The van der Waals surface area contributed by atoms with Crippen molar-refractivity contribution >= 4 is 35.3 Å². The van der Waals surface area contributed by atoms with Crippen LogP contribution in [0.2, 0.25) is 5.02 Å². The van der Waals surface area contributed by atoms with E-state index in [0.717, 1.165) is 4.90 Å². The number of phenolic OH excluding ortho intramolecular Hbond substituents is 1. The highest BCUT2D eigenvalue weighted by Gasteiger charge is 2.34. The second-order valence-corrected chi connectivity index (χ2v) is 5.71. The summed E-state index contributed by atoms with van der Waals surface area (Å²) in [4.78, 5) is 25.7. The van der Waals surface area contributed by atoms with Crippen molar-refractivity contribution in [1.29, 1.82) is 0 Å². The molecule has 0 spiro atoms. The van der Waals surface area contributed by atoms with E-state index in [2.05, 4.69) is 5.32 Å². The largest absolute Gasteiger partial charge is 0.504 e. The number of nitrogens with zero attached hydrogens (tertiary/aromatic N) is 1. The van der Waals surface area contributed by atoms with Gasteiger partial charge in [0.05, 0.1) is 12.3 Å². The Balaban J connectivity index is 1.92. The molecule has 1 fully saturated rings. The van der Waals surface area contributed by atoms with E-state index in [-0.39, 0.29) is 11.4 Å². The highest BCUT2D eigenvalue weighted by molar-refractivity contribution is 6.32. The number of urea groups is 1. The van der Waals surface area contributed by atoms with Crippen LogP contribution in [0.1, 0.15) is 12.5 Å². The molecular weight excluding hydrogens is 344 g/mol. The number of ether oxygens (including phenoxy) is 1. The lowest BCUT2D eigenvalue weighted by Crippen LogP contribution is -2.30. The molecule has 2 N–H and O–H groups in total. The summed E-state index contributed by atoms with van der Waals surface area (Å²) >= 11 is 5.92. The summed E-state index contributed by atoms with van der Waals surface area (Å²) in [5, 5.41) is 12.7. The van der Waals surface area contributed by atoms with Gasteiger partial charge >= 0.3 is 6.03 Å². The van der Waals surface area contributed by atoms with Gasteiger partial charge in [-0.15, -0.1) is 0 Å². The topological polar surface area (TPSA) is 78.9 Å². The van der Waals surface area contributed by atoms with Crippen LogP contribution >= 0.6 is 11.6 Å². The van der Waals surface area contributed by atoms with Crippen molar-refractivity contribution in [3.63, 3.8) is 0 Å². The minimum Gasteiger partial charge on any atom is -0.504 e. The zero-order chi connectivity index (χ0) is 18.0. The van der Waals surface area contributed by atoms with E-state index in [1.807, 2.05) is 0 Å². The monoisotopic (exact) mass is 358 g/mol. The highest BCUT2D eigenvalue weighted by Crippen LogP contribution is 2.29. The fourth-order valence-electron chi connectivity index (χ4n) is 2.44. The van der Waals surface area contributed by atoms with Crippen molar-refractivity contribution in [2.24, 2.45) is 0 Å². The molecule has 1 saturated heterocycles. The van der Waals surface area contributed by atoms with Crippen molar-refractivity contribution < 1.29 is 19.4 Å². The van der Waals surface area contributed by atoms with Crippen LogP contribution in [0.15, 0.2) is 48.2 Å². The minimum atomic E-state index is -0.553. The average molecular weight is 359 g/mol. The lowest BCUT2D eigenvalue weighted by molar-refractivity contribution is -0.113. The van der Waals surface area contributed by atoms with Crippen molar-refractivity contribution in [1.82, 2.24) is 5.32 Å². The maximum absolute atomic E-state index is 12.6. The number of halogens is 1. The Morgan fingerprint density at radius 3 is 2.76 bits per heavy atom. The number of hydrogen-bond donors (Lipinski definition) is 2. The number of anilines is 1. The third kappa shape index (κ3) is 3.44. The molecule has 0 unspecified atom stereocenters. The number of carbonyl (C=O) groups is 2. The first-order valence-electron chi connectivity index (χ1n) is 7.58.